The number of primary amides is 1. The summed E-state index contributed by atoms with van der Waals surface area (Å²) in [4.78, 5) is 104. The highest BCUT2D eigenvalue weighted by Crippen LogP contribution is 2.38. The van der Waals surface area contributed by atoms with Gasteiger partial charge in [0.2, 0.25) is 23.6 Å². The molecule has 0 bridgehead atoms. The number of halogens is 9. The van der Waals surface area contributed by atoms with Gasteiger partial charge in [-0.2, -0.15) is 39.1 Å². The smallest absolute Gasteiger partial charge is 0.343 e. The minimum absolute atomic E-state index is 0.00204. The first-order valence-corrected chi connectivity index (χ1v) is 39.7. The van der Waals surface area contributed by atoms with Crippen LogP contribution in [0.1, 0.15) is 128 Å². The van der Waals surface area contributed by atoms with Crippen LogP contribution in [0.5, 0.6) is 0 Å². The lowest BCUT2D eigenvalue weighted by molar-refractivity contribution is -0.126. The van der Waals surface area contributed by atoms with Gasteiger partial charge in [0, 0.05) is 101 Å². The van der Waals surface area contributed by atoms with Gasteiger partial charge in [0.25, 0.3) is 0 Å². The molecule has 0 radical (unpaired) electrons. The summed E-state index contributed by atoms with van der Waals surface area (Å²) in [6.07, 6.45) is 1.70. The first-order valence-electron chi connectivity index (χ1n) is 39.3. The summed E-state index contributed by atoms with van der Waals surface area (Å²) in [5, 5.41) is 63.0. The zero-order valence-electron chi connectivity index (χ0n) is 70.2. The Morgan fingerprint density at radius 3 is 1.17 bits per heavy atom. The molecule has 4 aromatic carbocycles. The van der Waals surface area contributed by atoms with Gasteiger partial charge < -0.3 is 77.4 Å². The predicted octanol–water partition coefficient (Wildman–Crippen LogP) is 8.87. The van der Waals surface area contributed by atoms with Gasteiger partial charge in [0.15, 0.2) is 34.9 Å². The van der Waals surface area contributed by atoms with E-state index in [1.54, 1.807) is 41.5 Å². The number of hydrogen-bond acceptors (Lipinski definition) is 19. The van der Waals surface area contributed by atoms with Gasteiger partial charge >= 0.3 is 24.1 Å². The molecule has 0 fully saturated rings. The predicted molar refractivity (Wildman–Crippen MR) is 434 cm³/mol. The summed E-state index contributed by atoms with van der Waals surface area (Å²) in [5.74, 6) is -10.0. The number of hydrogen-bond donors (Lipinski definition) is 11. The van der Waals surface area contributed by atoms with E-state index in [1.165, 1.54) is 35.0 Å². The van der Waals surface area contributed by atoms with Crippen LogP contribution >= 0.6 is 11.6 Å². The number of benzene rings is 4. The van der Waals surface area contributed by atoms with E-state index in [0.717, 1.165) is 43.9 Å². The summed E-state index contributed by atoms with van der Waals surface area (Å²) in [7, 11) is 1.93. The molecule has 4 atom stereocenters. The maximum absolute atomic E-state index is 14.5. The summed E-state index contributed by atoms with van der Waals surface area (Å²) < 4.78 is 131. The van der Waals surface area contributed by atoms with Gasteiger partial charge in [0.1, 0.15) is 35.8 Å². The van der Waals surface area contributed by atoms with Crippen molar-refractivity contribution in [1.82, 2.24) is 81.2 Å². The van der Waals surface area contributed by atoms with Crippen LogP contribution in [0.3, 0.4) is 0 Å². The minimum atomic E-state index is -1.33. The highest BCUT2D eigenvalue weighted by Gasteiger charge is 2.41. The molecule has 0 spiro atoms. The number of nitrogens with one attached hydrogen (secondary N) is 7. The number of carbonyl (C=O) groups excluding carboxylic acids is 8. The van der Waals surface area contributed by atoms with E-state index in [9.17, 15) is 73.5 Å². The van der Waals surface area contributed by atoms with Gasteiger partial charge in [-0.3, -0.25) is 19.2 Å². The summed E-state index contributed by atoms with van der Waals surface area (Å²) >= 11 is 6.05. The fraction of sp³-hybridized carbons (Fsp3) is 0.470. The highest BCUT2D eigenvalue weighted by atomic mass is 35.5. The average Bonchev–Trinajstić information content (AvgIpc) is 1.63. The molecule has 4 aliphatic rings. The molecule has 0 saturated carbocycles. The Balaban J connectivity index is 0.000000186. The number of aliphatic hydroxyl groups is 3. The van der Waals surface area contributed by atoms with Crippen LogP contribution in [0.15, 0.2) is 66.7 Å². The Morgan fingerprint density at radius 2 is 0.764 bits per heavy atom. The Hall–Kier alpha value is -11.1. The molecule has 4 aromatic heterocycles. The fourth-order valence-corrected chi connectivity index (χ4v) is 14.0. The first kappa shape index (κ1) is 95.8. The summed E-state index contributed by atoms with van der Waals surface area (Å²) in [5.41, 5.74) is 9.29. The third kappa shape index (κ3) is 23.3. The number of amides is 8. The zero-order chi connectivity index (χ0) is 90.7. The number of rotatable bonds is 18. The van der Waals surface area contributed by atoms with E-state index in [2.05, 4.69) is 62.5 Å². The van der Waals surface area contributed by atoms with Crippen molar-refractivity contribution in [2.45, 2.75) is 159 Å². The second kappa shape index (κ2) is 40.5. The Kier molecular flexibility index (Phi) is 31.5. The molecular formula is C83H102ClF8N17O14. The molecule has 40 heteroatoms. The highest BCUT2D eigenvalue weighted by molar-refractivity contribution is 6.30. The van der Waals surface area contributed by atoms with Crippen LogP contribution in [-0.2, 0) is 85.4 Å². The number of ether oxygens (including phenoxy) is 3. The van der Waals surface area contributed by atoms with Crippen LogP contribution in [0, 0.1) is 68.2 Å². The zero-order valence-corrected chi connectivity index (χ0v) is 71.0. The monoisotopic (exact) mass is 1750 g/mol. The maximum atomic E-state index is 14.5. The van der Waals surface area contributed by atoms with Crippen molar-refractivity contribution < 1.29 is 103 Å². The van der Waals surface area contributed by atoms with E-state index >= 15 is 0 Å². The SMILES string of the molecule is CC(C)(C)[C@H](NC(=O)n1nc(-c2cc(Cl)ccc2F)c2c1COCC2)C(=O)NCCO.CC(C)(C)[C@H](NC(=O)n1nc(-c2cc(F)c(F)cc2F)c2c1COCC2)C(=O)NCCO.CC(C)(C)[C@H](NC(=O)n1nc(-c2ccc(F)c(F)c2)c2c1CCOC2)C(N)=O.CN1CCc2c(c(-c3ccc(F)c(F)c3)nn2C(=O)N[C@H](C(=O)NCCO)C(C)(C)C)C1. The largest absolute Gasteiger partial charge is 0.395 e. The summed E-state index contributed by atoms with van der Waals surface area (Å²) in [6.45, 7) is 23.6. The van der Waals surface area contributed by atoms with Crippen LogP contribution in [-0.4, -0.2) is 204 Å². The van der Waals surface area contributed by atoms with Crippen molar-refractivity contribution in [3.05, 3.63) is 163 Å². The third-order valence-corrected chi connectivity index (χ3v) is 20.4. The standard InChI is InChI=1S/C22H29F2N5O3.C21H26ClFN4O4.C21H25F3N4O4.C19H22F2N4O3/c1-22(2,3)19(20(31)25-8-10-30)26-21(32)29-17-7-9-28(4)12-14(17)18(27-29)13-5-6-15(23)16(24)11-13;1-21(2,3)18(19(29)24-7-8-28)25-20(30)27-16-11-31-9-6-13(16)17(26-27)14-10-12(22)4-5-15(14)23;1-21(2,3)18(19(30)25-5-6-29)26-20(31)28-16-10-32-7-4-11(16)17(27-28)12-8-14(23)15(24)9-13(12)22;1-19(2,3)16(17(22)26)23-18(27)25-14-6-7-28-9-11(14)15(24-25)10-4-5-12(20)13(21)8-10/h5-6,11,19,30H,7-10,12H2,1-4H3,(H,25,31)(H,26,32);4-5,10,18,28H,6-9,11H2,1-3H3,(H,24,29)(H,25,30);8-9,18,29H,4-7,10H2,1-3H3,(H,25,30)(H,26,31);4-5,8,16H,6-7,9H2,1-3H3,(H2,22,26)(H,23,27)/t19-;2*18-;16-/m1111/s1. The molecule has 8 amide bonds. The number of nitrogens with two attached hydrogens (primary N) is 1. The van der Waals surface area contributed by atoms with E-state index in [4.69, 9.17) is 46.9 Å². The Morgan fingerprint density at radius 1 is 0.415 bits per heavy atom. The van der Waals surface area contributed by atoms with Crippen molar-refractivity contribution in [1.29, 1.82) is 0 Å². The van der Waals surface area contributed by atoms with Crippen LogP contribution in [0.25, 0.3) is 45.0 Å². The van der Waals surface area contributed by atoms with Crippen LogP contribution < -0.4 is 43.0 Å². The fourth-order valence-electron chi connectivity index (χ4n) is 13.8. The van der Waals surface area contributed by atoms with Crippen molar-refractivity contribution in [3.8, 4) is 45.0 Å². The molecule has 123 heavy (non-hydrogen) atoms. The topological polar surface area (TPSA) is 410 Å². The normalized spacial score (nSPS) is 14.9. The van der Waals surface area contributed by atoms with E-state index in [1.807, 2.05) is 48.6 Å². The molecule has 8 aromatic rings. The molecule has 0 unspecified atom stereocenters. The van der Waals surface area contributed by atoms with Crippen LogP contribution in [0.2, 0.25) is 5.02 Å². The molecule has 12 rings (SSSR count). The van der Waals surface area contributed by atoms with Gasteiger partial charge in [-0.25, -0.2) is 54.3 Å². The molecule has 8 heterocycles. The second-order valence-corrected chi connectivity index (χ2v) is 34.1. The number of carbonyl (C=O) groups is 8. The van der Waals surface area contributed by atoms with Crippen molar-refractivity contribution in [3.63, 3.8) is 0 Å². The molecule has 4 aliphatic heterocycles. The summed E-state index contributed by atoms with van der Waals surface area (Å²) in [6, 6.07) is 5.98. The van der Waals surface area contributed by atoms with Crippen molar-refractivity contribution in [2.75, 3.05) is 72.9 Å². The first-order chi connectivity index (χ1) is 57.8. The molecule has 31 nitrogen and oxygen atoms in total. The number of aromatic nitrogens is 8. The van der Waals surface area contributed by atoms with E-state index in [0.29, 0.717) is 130 Å². The lowest BCUT2D eigenvalue weighted by Gasteiger charge is -2.30. The molecule has 0 saturated heterocycles. The molecule has 666 valence electrons. The number of aliphatic hydroxyl groups excluding tert-OH is 3. The average molecular weight is 1750 g/mol. The molecule has 12 N–H and O–H groups in total. The Labute approximate surface area is 708 Å². The van der Waals surface area contributed by atoms with Gasteiger partial charge in [0.05, 0.1) is 105 Å². The minimum Gasteiger partial charge on any atom is -0.395 e. The maximum Gasteiger partial charge on any atom is 0.343 e. The van der Waals surface area contributed by atoms with E-state index < -0.39 is 140 Å². The van der Waals surface area contributed by atoms with Crippen molar-refractivity contribution in [2.24, 2.45) is 27.4 Å². The lowest BCUT2D eigenvalue weighted by Crippen LogP contribution is -2.55. The van der Waals surface area contributed by atoms with Crippen LogP contribution in [0.4, 0.5) is 54.3 Å². The number of fused-ring (bicyclic) bond motifs is 4. The second-order valence-electron chi connectivity index (χ2n) is 33.7. The number of likely N-dealkylation sites (N-methyl/N-ethyl adjacent to an activating group) is 1. The lowest BCUT2D eigenvalue weighted by atomic mass is 9.86. The van der Waals surface area contributed by atoms with Crippen molar-refractivity contribution >= 4 is 59.4 Å². The van der Waals surface area contributed by atoms with Gasteiger partial charge in [-0.1, -0.05) is 94.7 Å². The number of nitrogens with zero attached hydrogens (tertiary/aromatic N) is 9. The third-order valence-electron chi connectivity index (χ3n) is 20.2. The molecule has 0 aliphatic carbocycles. The van der Waals surface area contributed by atoms with Gasteiger partial charge in [-0.05, 0) is 102 Å². The molecular weight excluding hydrogens is 1650 g/mol. The quantitative estimate of drug-likeness (QED) is 0.0282. The van der Waals surface area contributed by atoms with E-state index in [-0.39, 0.29) is 89.1 Å². The van der Waals surface area contributed by atoms with Gasteiger partial charge in [-0.15, -0.1) is 0 Å². The Bertz CT molecular complexity index is 5240.